The lowest BCUT2D eigenvalue weighted by Crippen LogP contribution is -2.18. The average Bonchev–Trinajstić information content (AvgIpc) is 2.39. The summed E-state index contributed by atoms with van der Waals surface area (Å²) in [5.74, 6) is 0. The summed E-state index contributed by atoms with van der Waals surface area (Å²) in [5.41, 5.74) is 2.33. The Labute approximate surface area is 118 Å². The number of pyridine rings is 1. The first-order chi connectivity index (χ1) is 9.15. The summed E-state index contributed by atoms with van der Waals surface area (Å²) in [4.78, 5) is 6.34. The highest BCUT2D eigenvalue weighted by molar-refractivity contribution is 5.68. The minimum Gasteiger partial charge on any atom is -0.380 e. The van der Waals surface area contributed by atoms with Gasteiger partial charge < -0.3 is 10.2 Å². The van der Waals surface area contributed by atoms with Crippen molar-refractivity contribution in [2.45, 2.75) is 58.4 Å². The summed E-state index contributed by atoms with van der Waals surface area (Å²) in [6.07, 6.45) is 11.7. The van der Waals surface area contributed by atoms with Crippen LogP contribution in [-0.2, 0) is 0 Å². The van der Waals surface area contributed by atoms with Gasteiger partial charge in [0.25, 0.3) is 0 Å². The molecule has 0 bridgehead atoms. The predicted octanol–water partition coefficient (Wildman–Crippen LogP) is 4.31. The first kappa shape index (κ1) is 15.8. The zero-order valence-corrected chi connectivity index (χ0v) is 12.9. The Morgan fingerprint density at radius 3 is 2.63 bits per heavy atom. The Hall–Kier alpha value is -1.25. The quantitative estimate of drug-likeness (QED) is 0.673. The third-order valence-corrected chi connectivity index (χ3v) is 3.42. The molecule has 0 amide bonds. The molecule has 0 aliphatic carbocycles. The fourth-order valence-corrected chi connectivity index (χ4v) is 2.28. The van der Waals surface area contributed by atoms with E-state index in [9.17, 15) is 0 Å². The lowest BCUT2D eigenvalue weighted by atomic mass is 10.1. The average molecular weight is 263 g/mol. The molecule has 108 valence electrons. The number of unbranched alkanes of at least 4 members (excludes halogenated alkanes) is 4. The number of hydrogen-bond acceptors (Lipinski definition) is 3. The Morgan fingerprint density at radius 2 is 1.95 bits per heavy atom. The molecule has 0 radical (unpaired) electrons. The van der Waals surface area contributed by atoms with Crippen LogP contribution in [0.3, 0.4) is 0 Å². The van der Waals surface area contributed by atoms with Crippen LogP contribution in [0.25, 0.3) is 0 Å². The van der Waals surface area contributed by atoms with E-state index in [0.717, 1.165) is 5.69 Å². The molecular formula is C16H29N3. The molecule has 0 aliphatic heterocycles. The van der Waals surface area contributed by atoms with E-state index in [1.165, 1.54) is 44.2 Å². The zero-order chi connectivity index (χ0) is 14.1. The number of nitrogens with zero attached hydrogens (tertiary/aromatic N) is 2. The van der Waals surface area contributed by atoms with Crippen molar-refractivity contribution in [2.24, 2.45) is 0 Å². The third kappa shape index (κ3) is 5.95. The molecule has 1 aromatic rings. The van der Waals surface area contributed by atoms with Crippen LogP contribution in [0.15, 0.2) is 18.5 Å². The topological polar surface area (TPSA) is 28.2 Å². The van der Waals surface area contributed by atoms with E-state index >= 15 is 0 Å². The summed E-state index contributed by atoms with van der Waals surface area (Å²) >= 11 is 0. The highest BCUT2D eigenvalue weighted by atomic mass is 15.1. The van der Waals surface area contributed by atoms with E-state index in [2.05, 4.69) is 49.2 Å². The molecule has 0 aromatic carbocycles. The van der Waals surface area contributed by atoms with Gasteiger partial charge in [0.15, 0.2) is 0 Å². The normalized spacial score (nSPS) is 12.2. The molecule has 3 nitrogen and oxygen atoms in total. The van der Waals surface area contributed by atoms with Gasteiger partial charge in [-0.3, -0.25) is 4.98 Å². The summed E-state index contributed by atoms with van der Waals surface area (Å²) in [6, 6.07) is 2.56. The molecule has 0 fully saturated rings. The monoisotopic (exact) mass is 263 g/mol. The molecule has 1 rings (SSSR count). The van der Waals surface area contributed by atoms with Crippen molar-refractivity contribution in [3.05, 3.63) is 18.5 Å². The second-order valence-electron chi connectivity index (χ2n) is 5.54. The van der Waals surface area contributed by atoms with Gasteiger partial charge in [0.1, 0.15) is 0 Å². The van der Waals surface area contributed by atoms with E-state index in [-0.39, 0.29) is 0 Å². The van der Waals surface area contributed by atoms with Gasteiger partial charge in [-0.1, -0.05) is 39.0 Å². The highest BCUT2D eigenvalue weighted by Gasteiger charge is 2.07. The number of hydrogen-bond donors (Lipinski definition) is 1. The van der Waals surface area contributed by atoms with Gasteiger partial charge in [0.2, 0.25) is 0 Å². The van der Waals surface area contributed by atoms with E-state index in [4.69, 9.17) is 0 Å². The van der Waals surface area contributed by atoms with Crippen LogP contribution in [0.1, 0.15) is 52.4 Å². The smallest absolute Gasteiger partial charge is 0.0766 e. The Balaban J connectivity index is 2.37. The Bertz CT molecular complexity index is 350. The Kier molecular flexibility index (Phi) is 7.31. The molecule has 0 saturated carbocycles. The number of nitrogens with one attached hydrogen (secondary N) is 1. The van der Waals surface area contributed by atoms with Gasteiger partial charge in [0, 0.05) is 26.3 Å². The molecule has 1 heterocycles. The molecule has 0 saturated heterocycles. The molecule has 1 atom stereocenters. The van der Waals surface area contributed by atoms with Gasteiger partial charge in [-0.05, 0) is 19.4 Å². The molecule has 1 unspecified atom stereocenters. The maximum absolute atomic E-state index is 4.21. The maximum Gasteiger partial charge on any atom is 0.0766 e. The minimum atomic E-state index is 0.504. The first-order valence-electron chi connectivity index (χ1n) is 7.53. The van der Waals surface area contributed by atoms with E-state index in [1.54, 1.807) is 0 Å². The van der Waals surface area contributed by atoms with Crippen LogP contribution in [-0.4, -0.2) is 25.1 Å². The van der Waals surface area contributed by atoms with Crippen LogP contribution in [0.5, 0.6) is 0 Å². The molecular weight excluding hydrogens is 234 g/mol. The maximum atomic E-state index is 4.21. The zero-order valence-electron chi connectivity index (χ0n) is 12.9. The molecule has 0 spiro atoms. The molecule has 19 heavy (non-hydrogen) atoms. The minimum absolute atomic E-state index is 0.504. The van der Waals surface area contributed by atoms with E-state index in [1.807, 2.05) is 12.4 Å². The van der Waals surface area contributed by atoms with Crippen LogP contribution in [0, 0.1) is 0 Å². The Morgan fingerprint density at radius 1 is 1.21 bits per heavy atom. The van der Waals surface area contributed by atoms with Gasteiger partial charge in [-0.25, -0.2) is 0 Å². The van der Waals surface area contributed by atoms with Crippen LogP contribution in [0.4, 0.5) is 11.4 Å². The molecule has 1 N–H and O–H groups in total. The van der Waals surface area contributed by atoms with Gasteiger partial charge in [0.05, 0.1) is 17.6 Å². The fraction of sp³-hybridized carbons (Fsp3) is 0.688. The predicted molar refractivity (Wildman–Crippen MR) is 85.0 cm³/mol. The first-order valence-corrected chi connectivity index (χ1v) is 7.53. The van der Waals surface area contributed by atoms with Crippen molar-refractivity contribution in [1.29, 1.82) is 0 Å². The summed E-state index contributed by atoms with van der Waals surface area (Å²) in [6.45, 7) is 4.52. The number of anilines is 2. The number of aromatic nitrogens is 1. The van der Waals surface area contributed by atoms with Crippen molar-refractivity contribution in [2.75, 3.05) is 24.3 Å². The largest absolute Gasteiger partial charge is 0.380 e. The van der Waals surface area contributed by atoms with Crippen LogP contribution in [0.2, 0.25) is 0 Å². The lowest BCUT2D eigenvalue weighted by molar-refractivity contribution is 0.578. The van der Waals surface area contributed by atoms with Gasteiger partial charge in [-0.2, -0.15) is 0 Å². The third-order valence-electron chi connectivity index (χ3n) is 3.42. The standard InChI is InChI=1S/C16H29N3/c1-5-6-7-8-9-10-14(2)18-15-13-17-12-11-16(15)19(3)4/h11-14,18H,5-10H2,1-4H3. The van der Waals surface area contributed by atoms with Gasteiger partial charge >= 0.3 is 0 Å². The molecule has 0 aliphatic rings. The number of rotatable bonds is 9. The summed E-state index contributed by atoms with van der Waals surface area (Å²) in [5, 5.41) is 3.58. The molecule has 3 heteroatoms. The van der Waals surface area contributed by atoms with E-state index < -0.39 is 0 Å². The van der Waals surface area contributed by atoms with Crippen molar-refractivity contribution < 1.29 is 0 Å². The van der Waals surface area contributed by atoms with Crippen molar-refractivity contribution >= 4 is 11.4 Å². The van der Waals surface area contributed by atoms with E-state index in [0.29, 0.717) is 6.04 Å². The molecule has 1 aromatic heterocycles. The SMILES string of the molecule is CCCCCCCC(C)Nc1cnccc1N(C)C. The summed E-state index contributed by atoms with van der Waals surface area (Å²) < 4.78 is 0. The van der Waals surface area contributed by atoms with Gasteiger partial charge in [-0.15, -0.1) is 0 Å². The van der Waals surface area contributed by atoms with Crippen molar-refractivity contribution in [3.8, 4) is 0 Å². The second kappa shape index (κ2) is 8.78. The van der Waals surface area contributed by atoms with Crippen LogP contribution >= 0.6 is 0 Å². The fourth-order valence-electron chi connectivity index (χ4n) is 2.28. The van der Waals surface area contributed by atoms with Crippen molar-refractivity contribution in [1.82, 2.24) is 4.98 Å². The van der Waals surface area contributed by atoms with Crippen molar-refractivity contribution in [3.63, 3.8) is 0 Å². The second-order valence-corrected chi connectivity index (χ2v) is 5.54. The lowest BCUT2D eigenvalue weighted by Gasteiger charge is -2.21. The highest BCUT2D eigenvalue weighted by Crippen LogP contribution is 2.23. The van der Waals surface area contributed by atoms with Crippen LogP contribution < -0.4 is 10.2 Å². The summed E-state index contributed by atoms with van der Waals surface area (Å²) in [7, 11) is 4.13.